The van der Waals surface area contributed by atoms with Crippen molar-refractivity contribution >= 4 is 17.3 Å². The Hall–Kier alpha value is -1.55. The molecule has 1 heterocycles. The monoisotopic (exact) mass is 247 g/mol. The van der Waals surface area contributed by atoms with Crippen LogP contribution in [0.15, 0.2) is 24.3 Å². The van der Waals surface area contributed by atoms with Gasteiger partial charge in [0.25, 0.3) is 0 Å². The maximum atomic E-state index is 12.2. The van der Waals surface area contributed by atoms with Gasteiger partial charge in [-0.25, -0.2) is 0 Å². The molecule has 0 aromatic heterocycles. The number of likely N-dealkylation sites (N-methyl/N-ethyl adjacent to an activating group) is 1. The zero-order valence-electron chi connectivity index (χ0n) is 10.9. The van der Waals surface area contributed by atoms with Gasteiger partial charge in [0.15, 0.2) is 0 Å². The van der Waals surface area contributed by atoms with E-state index in [1.54, 1.807) is 11.9 Å². The lowest BCUT2D eigenvalue weighted by Gasteiger charge is -2.28. The fraction of sp³-hybridized carbons (Fsp3) is 0.500. The number of hydrogen-bond donors (Lipinski definition) is 1. The van der Waals surface area contributed by atoms with Gasteiger partial charge in [-0.2, -0.15) is 0 Å². The molecule has 2 N–H and O–H groups in total. The van der Waals surface area contributed by atoms with Crippen LogP contribution < -0.4 is 10.6 Å². The van der Waals surface area contributed by atoms with E-state index in [0.29, 0.717) is 12.2 Å². The average molecular weight is 247 g/mol. The van der Waals surface area contributed by atoms with Crippen LogP contribution in [0.2, 0.25) is 0 Å². The second kappa shape index (κ2) is 5.87. The molecule has 1 fully saturated rings. The Morgan fingerprint density at radius 2 is 2.06 bits per heavy atom. The molecule has 98 valence electrons. The molecule has 0 radical (unpaired) electrons. The van der Waals surface area contributed by atoms with E-state index in [2.05, 4.69) is 4.90 Å². The summed E-state index contributed by atoms with van der Waals surface area (Å²) in [6.45, 7) is 2.58. The van der Waals surface area contributed by atoms with Gasteiger partial charge in [-0.15, -0.1) is 0 Å². The number of hydrogen-bond acceptors (Lipinski definition) is 3. The third kappa shape index (κ3) is 3.23. The van der Waals surface area contributed by atoms with Crippen LogP contribution in [-0.4, -0.2) is 37.5 Å². The largest absolute Gasteiger partial charge is 0.399 e. The number of likely N-dealkylation sites (tertiary alicyclic amines) is 1. The molecule has 0 aliphatic carbocycles. The van der Waals surface area contributed by atoms with E-state index in [4.69, 9.17) is 5.73 Å². The fourth-order valence-electron chi connectivity index (χ4n) is 2.29. The summed E-state index contributed by atoms with van der Waals surface area (Å²) in [6.07, 6.45) is 3.69. The van der Waals surface area contributed by atoms with Crippen LogP contribution >= 0.6 is 0 Å². The lowest BCUT2D eigenvalue weighted by Crippen LogP contribution is -2.40. The third-order valence-corrected chi connectivity index (χ3v) is 3.44. The maximum Gasteiger partial charge on any atom is 0.240 e. The SMILES string of the molecule is CN(C(=O)CN1CCCCC1)c1cccc(N)c1. The first-order valence-electron chi connectivity index (χ1n) is 6.51. The molecule has 1 aromatic rings. The molecule has 2 rings (SSSR count). The van der Waals surface area contributed by atoms with Crippen LogP contribution in [0, 0.1) is 0 Å². The summed E-state index contributed by atoms with van der Waals surface area (Å²) in [7, 11) is 1.81. The highest BCUT2D eigenvalue weighted by Crippen LogP contribution is 2.17. The molecule has 0 saturated carbocycles. The van der Waals surface area contributed by atoms with Crippen LogP contribution in [0.25, 0.3) is 0 Å². The van der Waals surface area contributed by atoms with E-state index >= 15 is 0 Å². The van der Waals surface area contributed by atoms with E-state index in [0.717, 1.165) is 18.8 Å². The molecular weight excluding hydrogens is 226 g/mol. The van der Waals surface area contributed by atoms with Crippen molar-refractivity contribution in [1.82, 2.24) is 4.90 Å². The molecule has 1 amide bonds. The molecule has 1 aromatic carbocycles. The minimum Gasteiger partial charge on any atom is -0.399 e. The second-order valence-electron chi connectivity index (χ2n) is 4.88. The van der Waals surface area contributed by atoms with Crippen molar-refractivity contribution in [2.45, 2.75) is 19.3 Å². The first-order chi connectivity index (χ1) is 8.66. The van der Waals surface area contributed by atoms with Gasteiger partial charge in [0, 0.05) is 18.4 Å². The van der Waals surface area contributed by atoms with Crippen LogP contribution in [-0.2, 0) is 4.79 Å². The predicted molar refractivity (Wildman–Crippen MR) is 74.6 cm³/mol. The number of piperidine rings is 1. The number of nitrogens with zero attached hydrogens (tertiary/aromatic N) is 2. The number of nitrogen functional groups attached to an aromatic ring is 1. The van der Waals surface area contributed by atoms with Crippen molar-refractivity contribution in [3.63, 3.8) is 0 Å². The highest BCUT2D eigenvalue weighted by atomic mass is 16.2. The third-order valence-electron chi connectivity index (χ3n) is 3.44. The van der Waals surface area contributed by atoms with Crippen molar-refractivity contribution in [2.24, 2.45) is 0 Å². The lowest BCUT2D eigenvalue weighted by atomic mass is 10.1. The Bertz CT molecular complexity index is 413. The van der Waals surface area contributed by atoms with Gasteiger partial charge in [-0.3, -0.25) is 9.69 Å². The van der Waals surface area contributed by atoms with E-state index in [1.807, 2.05) is 24.3 Å². The van der Waals surface area contributed by atoms with E-state index in [-0.39, 0.29) is 5.91 Å². The molecule has 0 unspecified atom stereocenters. The molecule has 0 atom stereocenters. The minimum atomic E-state index is 0.127. The van der Waals surface area contributed by atoms with Gasteiger partial charge < -0.3 is 10.6 Å². The molecule has 4 heteroatoms. The number of amides is 1. The molecular formula is C14H21N3O. The van der Waals surface area contributed by atoms with Crippen LogP contribution in [0.3, 0.4) is 0 Å². The summed E-state index contributed by atoms with van der Waals surface area (Å²) < 4.78 is 0. The van der Waals surface area contributed by atoms with Crippen molar-refractivity contribution < 1.29 is 4.79 Å². The van der Waals surface area contributed by atoms with Crippen LogP contribution in [0.4, 0.5) is 11.4 Å². The van der Waals surface area contributed by atoms with Gasteiger partial charge in [0.05, 0.1) is 6.54 Å². The first-order valence-corrected chi connectivity index (χ1v) is 6.51. The summed E-state index contributed by atoms with van der Waals surface area (Å²) in [5, 5.41) is 0. The van der Waals surface area contributed by atoms with Gasteiger partial charge >= 0.3 is 0 Å². The topological polar surface area (TPSA) is 49.6 Å². The van der Waals surface area contributed by atoms with Gasteiger partial charge in [-0.05, 0) is 44.1 Å². The Morgan fingerprint density at radius 3 is 2.72 bits per heavy atom. The number of benzene rings is 1. The van der Waals surface area contributed by atoms with E-state index in [9.17, 15) is 4.79 Å². The van der Waals surface area contributed by atoms with Gasteiger partial charge in [0.1, 0.15) is 0 Å². The Morgan fingerprint density at radius 1 is 1.33 bits per heavy atom. The van der Waals surface area contributed by atoms with Crippen molar-refractivity contribution in [1.29, 1.82) is 0 Å². The standard InChI is InChI=1S/C14H21N3O/c1-16(13-7-5-6-12(15)10-13)14(18)11-17-8-3-2-4-9-17/h5-7,10H,2-4,8-9,11,15H2,1H3. The summed E-state index contributed by atoms with van der Waals surface area (Å²) in [4.78, 5) is 16.1. The normalized spacial score (nSPS) is 16.5. The zero-order chi connectivity index (χ0) is 13.0. The number of nitrogens with two attached hydrogens (primary N) is 1. The van der Waals surface area contributed by atoms with E-state index < -0.39 is 0 Å². The van der Waals surface area contributed by atoms with Crippen LogP contribution in [0.5, 0.6) is 0 Å². The zero-order valence-corrected chi connectivity index (χ0v) is 10.9. The number of rotatable bonds is 3. The number of carbonyl (C=O) groups excluding carboxylic acids is 1. The number of carbonyl (C=O) groups is 1. The Labute approximate surface area is 108 Å². The molecule has 0 bridgehead atoms. The van der Waals surface area contributed by atoms with Crippen LogP contribution in [0.1, 0.15) is 19.3 Å². The summed E-state index contributed by atoms with van der Waals surface area (Å²) in [5.41, 5.74) is 7.28. The lowest BCUT2D eigenvalue weighted by molar-refractivity contribution is -0.119. The molecule has 1 aliphatic rings. The molecule has 1 aliphatic heterocycles. The molecule has 4 nitrogen and oxygen atoms in total. The number of anilines is 2. The quantitative estimate of drug-likeness (QED) is 0.827. The second-order valence-corrected chi connectivity index (χ2v) is 4.88. The van der Waals surface area contributed by atoms with Gasteiger partial charge in [0.2, 0.25) is 5.91 Å². The van der Waals surface area contributed by atoms with Crippen molar-refractivity contribution in [3.8, 4) is 0 Å². The fourth-order valence-corrected chi connectivity index (χ4v) is 2.29. The summed E-state index contributed by atoms with van der Waals surface area (Å²) in [5.74, 6) is 0.127. The summed E-state index contributed by atoms with van der Waals surface area (Å²) >= 11 is 0. The Kier molecular flexibility index (Phi) is 4.20. The highest BCUT2D eigenvalue weighted by Gasteiger charge is 2.17. The maximum absolute atomic E-state index is 12.2. The first kappa shape index (κ1) is 12.9. The van der Waals surface area contributed by atoms with Crippen molar-refractivity contribution in [3.05, 3.63) is 24.3 Å². The molecule has 18 heavy (non-hydrogen) atoms. The van der Waals surface area contributed by atoms with Gasteiger partial charge in [-0.1, -0.05) is 12.5 Å². The highest BCUT2D eigenvalue weighted by molar-refractivity contribution is 5.94. The predicted octanol–water partition coefficient (Wildman–Crippen LogP) is 1.72. The molecule has 1 saturated heterocycles. The smallest absolute Gasteiger partial charge is 0.240 e. The average Bonchev–Trinajstić information content (AvgIpc) is 2.39. The summed E-state index contributed by atoms with van der Waals surface area (Å²) in [6, 6.07) is 7.43. The minimum absolute atomic E-state index is 0.127. The van der Waals surface area contributed by atoms with Crippen molar-refractivity contribution in [2.75, 3.05) is 37.3 Å². The Balaban J connectivity index is 1.95. The van der Waals surface area contributed by atoms with E-state index in [1.165, 1.54) is 19.3 Å². The molecule has 0 spiro atoms.